The van der Waals surface area contributed by atoms with Gasteiger partial charge in [-0.15, -0.1) is 0 Å². The van der Waals surface area contributed by atoms with E-state index in [2.05, 4.69) is 22.9 Å². The van der Waals surface area contributed by atoms with E-state index in [0.717, 1.165) is 30.8 Å². The SMILES string of the molecule is CCCCC1CCC(c2nc(C#N)c(N3CCCC3)o2)CC1. The van der Waals surface area contributed by atoms with Crippen LogP contribution in [0.5, 0.6) is 0 Å². The van der Waals surface area contributed by atoms with Gasteiger partial charge in [-0.25, -0.2) is 4.98 Å². The second-order valence-corrected chi connectivity index (χ2v) is 6.87. The highest BCUT2D eigenvalue weighted by Crippen LogP contribution is 2.39. The van der Waals surface area contributed by atoms with Crippen LogP contribution in [0, 0.1) is 17.2 Å². The van der Waals surface area contributed by atoms with Crippen molar-refractivity contribution in [2.45, 2.75) is 70.6 Å². The molecule has 2 fully saturated rings. The minimum atomic E-state index is 0.418. The Morgan fingerprint density at radius 1 is 1.23 bits per heavy atom. The van der Waals surface area contributed by atoms with Crippen molar-refractivity contribution in [1.82, 2.24) is 4.98 Å². The number of rotatable bonds is 5. The maximum absolute atomic E-state index is 9.33. The van der Waals surface area contributed by atoms with Crippen LogP contribution in [-0.2, 0) is 0 Å². The number of hydrogen-bond acceptors (Lipinski definition) is 4. The van der Waals surface area contributed by atoms with Crippen LogP contribution in [0.1, 0.15) is 82.2 Å². The second-order valence-electron chi connectivity index (χ2n) is 6.87. The Kier molecular flexibility index (Phi) is 5.02. The van der Waals surface area contributed by atoms with Crippen molar-refractivity contribution in [3.8, 4) is 6.07 Å². The molecule has 4 nitrogen and oxygen atoms in total. The van der Waals surface area contributed by atoms with Gasteiger partial charge in [-0.05, 0) is 44.4 Å². The van der Waals surface area contributed by atoms with E-state index in [4.69, 9.17) is 4.42 Å². The number of anilines is 1. The molecule has 0 unspecified atom stereocenters. The van der Waals surface area contributed by atoms with Gasteiger partial charge in [0, 0.05) is 19.0 Å². The van der Waals surface area contributed by atoms with Crippen LogP contribution < -0.4 is 4.90 Å². The maximum atomic E-state index is 9.33. The van der Waals surface area contributed by atoms with Gasteiger partial charge in [-0.2, -0.15) is 5.26 Å². The Labute approximate surface area is 133 Å². The molecule has 0 atom stereocenters. The summed E-state index contributed by atoms with van der Waals surface area (Å²) >= 11 is 0. The maximum Gasteiger partial charge on any atom is 0.234 e. The number of oxazole rings is 1. The summed E-state index contributed by atoms with van der Waals surface area (Å²) in [4.78, 5) is 6.70. The molecule has 1 aliphatic heterocycles. The van der Waals surface area contributed by atoms with E-state index < -0.39 is 0 Å². The summed E-state index contributed by atoms with van der Waals surface area (Å²) in [6.07, 6.45) is 11.3. The average molecular weight is 301 g/mol. The number of nitrogens with zero attached hydrogens (tertiary/aromatic N) is 3. The smallest absolute Gasteiger partial charge is 0.234 e. The van der Waals surface area contributed by atoms with E-state index in [1.165, 1.54) is 57.8 Å². The first-order chi connectivity index (χ1) is 10.8. The Morgan fingerprint density at radius 3 is 2.59 bits per heavy atom. The fraction of sp³-hybridized carbons (Fsp3) is 0.778. The van der Waals surface area contributed by atoms with Gasteiger partial charge in [0.2, 0.25) is 17.5 Å². The highest BCUT2D eigenvalue weighted by Gasteiger charge is 2.29. The largest absolute Gasteiger partial charge is 0.423 e. The Hall–Kier alpha value is -1.50. The van der Waals surface area contributed by atoms with Crippen molar-refractivity contribution in [1.29, 1.82) is 5.26 Å². The topological polar surface area (TPSA) is 53.1 Å². The predicted octanol–water partition coefficient (Wildman–Crippen LogP) is 4.61. The van der Waals surface area contributed by atoms with E-state index in [1.807, 2.05) is 0 Å². The van der Waals surface area contributed by atoms with E-state index in [0.29, 0.717) is 11.6 Å². The molecule has 0 bridgehead atoms. The van der Waals surface area contributed by atoms with Gasteiger partial charge in [-0.1, -0.05) is 26.2 Å². The molecule has 3 rings (SSSR count). The summed E-state index contributed by atoms with van der Waals surface area (Å²) in [5, 5.41) is 9.33. The minimum Gasteiger partial charge on any atom is -0.423 e. The normalized spacial score (nSPS) is 25.4. The molecule has 2 heterocycles. The number of unbranched alkanes of at least 4 members (excludes halogenated alkanes) is 1. The van der Waals surface area contributed by atoms with E-state index in [9.17, 15) is 5.26 Å². The van der Waals surface area contributed by atoms with E-state index in [-0.39, 0.29) is 0 Å². The van der Waals surface area contributed by atoms with Gasteiger partial charge in [0.1, 0.15) is 6.07 Å². The molecule has 1 aliphatic carbocycles. The fourth-order valence-corrected chi connectivity index (χ4v) is 3.90. The quantitative estimate of drug-likeness (QED) is 0.797. The average Bonchev–Trinajstić information content (AvgIpc) is 3.22. The van der Waals surface area contributed by atoms with Gasteiger partial charge in [0.15, 0.2) is 0 Å². The number of nitriles is 1. The minimum absolute atomic E-state index is 0.418. The van der Waals surface area contributed by atoms with Crippen molar-refractivity contribution in [2.75, 3.05) is 18.0 Å². The van der Waals surface area contributed by atoms with Crippen molar-refractivity contribution in [3.05, 3.63) is 11.6 Å². The van der Waals surface area contributed by atoms with Crippen LogP contribution >= 0.6 is 0 Å². The molecule has 0 N–H and O–H groups in total. The fourth-order valence-electron chi connectivity index (χ4n) is 3.90. The zero-order valence-corrected chi connectivity index (χ0v) is 13.7. The third kappa shape index (κ3) is 3.29. The Morgan fingerprint density at radius 2 is 1.95 bits per heavy atom. The summed E-state index contributed by atoms with van der Waals surface area (Å²) in [6.45, 7) is 4.25. The molecule has 1 aromatic heterocycles. The zero-order chi connectivity index (χ0) is 15.4. The molecular weight excluding hydrogens is 274 g/mol. The standard InChI is InChI=1S/C18H27N3O/c1-2-3-6-14-7-9-15(10-8-14)17-20-16(13-19)18(22-17)21-11-4-5-12-21/h14-15H,2-12H2,1H3. The van der Waals surface area contributed by atoms with Crippen molar-refractivity contribution >= 4 is 5.88 Å². The molecule has 1 aromatic rings. The summed E-state index contributed by atoms with van der Waals surface area (Å²) in [6, 6.07) is 2.22. The molecular formula is C18H27N3O. The molecule has 1 saturated heterocycles. The Balaban J connectivity index is 1.64. The first-order valence-electron chi connectivity index (χ1n) is 8.97. The lowest BCUT2D eigenvalue weighted by atomic mass is 9.80. The van der Waals surface area contributed by atoms with Gasteiger partial charge < -0.3 is 9.32 Å². The molecule has 0 radical (unpaired) electrons. The van der Waals surface area contributed by atoms with Gasteiger partial charge in [-0.3, -0.25) is 0 Å². The highest BCUT2D eigenvalue weighted by atomic mass is 16.4. The van der Waals surface area contributed by atoms with Crippen LogP contribution in [0.15, 0.2) is 4.42 Å². The lowest BCUT2D eigenvalue weighted by Crippen LogP contribution is -2.17. The molecule has 1 saturated carbocycles. The van der Waals surface area contributed by atoms with Crippen molar-refractivity contribution < 1.29 is 4.42 Å². The van der Waals surface area contributed by atoms with Crippen molar-refractivity contribution in [2.24, 2.45) is 5.92 Å². The number of aromatic nitrogens is 1. The van der Waals surface area contributed by atoms with Crippen LogP contribution in [0.3, 0.4) is 0 Å². The van der Waals surface area contributed by atoms with Crippen LogP contribution in [0.2, 0.25) is 0 Å². The summed E-state index contributed by atoms with van der Waals surface area (Å²) in [5.74, 6) is 2.84. The lowest BCUT2D eigenvalue weighted by Gasteiger charge is -2.26. The molecule has 120 valence electrons. The summed E-state index contributed by atoms with van der Waals surface area (Å²) in [7, 11) is 0. The Bertz CT molecular complexity index is 517. The van der Waals surface area contributed by atoms with Crippen molar-refractivity contribution in [3.63, 3.8) is 0 Å². The number of hydrogen-bond donors (Lipinski definition) is 0. The van der Waals surface area contributed by atoms with E-state index in [1.54, 1.807) is 0 Å². The van der Waals surface area contributed by atoms with Crippen LogP contribution in [0.4, 0.5) is 5.88 Å². The van der Waals surface area contributed by atoms with E-state index >= 15 is 0 Å². The summed E-state index contributed by atoms with van der Waals surface area (Å²) in [5.41, 5.74) is 0.491. The summed E-state index contributed by atoms with van der Waals surface area (Å²) < 4.78 is 6.04. The van der Waals surface area contributed by atoms with Crippen LogP contribution in [0.25, 0.3) is 0 Å². The second kappa shape index (κ2) is 7.17. The third-order valence-electron chi connectivity index (χ3n) is 5.29. The molecule has 0 aromatic carbocycles. The van der Waals surface area contributed by atoms with Gasteiger partial charge in [0.05, 0.1) is 0 Å². The molecule has 22 heavy (non-hydrogen) atoms. The predicted molar refractivity (Wildman–Crippen MR) is 86.9 cm³/mol. The lowest BCUT2D eigenvalue weighted by molar-refractivity contribution is 0.278. The molecule has 2 aliphatic rings. The van der Waals surface area contributed by atoms with Crippen LogP contribution in [-0.4, -0.2) is 18.1 Å². The monoisotopic (exact) mass is 301 g/mol. The molecule has 0 spiro atoms. The van der Waals surface area contributed by atoms with Gasteiger partial charge in [0.25, 0.3) is 0 Å². The first-order valence-corrected chi connectivity index (χ1v) is 8.97. The third-order valence-corrected chi connectivity index (χ3v) is 5.29. The first kappa shape index (κ1) is 15.4. The molecule has 4 heteroatoms. The molecule has 0 amide bonds. The zero-order valence-electron chi connectivity index (χ0n) is 13.7. The van der Waals surface area contributed by atoms with Gasteiger partial charge >= 0.3 is 0 Å². The highest BCUT2D eigenvalue weighted by molar-refractivity contribution is 5.48.